The van der Waals surface area contributed by atoms with Gasteiger partial charge in [-0.25, -0.2) is 9.50 Å². The Labute approximate surface area is 165 Å². The van der Waals surface area contributed by atoms with Gasteiger partial charge in [-0.05, 0) is 30.3 Å². The Morgan fingerprint density at radius 3 is 2.57 bits per heavy atom. The molecule has 0 fully saturated rings. The monoisotopic (exact) mass is 418 g/mol. The van der Waals surface area contributed by atoms with Gasteiger partial charge < -0.3 is 4.98 Å². The van der Waals surface area contributed by atoms with Crippen molar-refractivity contribution in [1.82, 2.24) is 19.6 Å². The number of fused-ring (bicyclic) bond motifs is 2. The second-order valence-corrected chi connectivity index (χ2v) is 7.62. The quantitative estimate of drug-likeness (QED) is 0.367. The van der Waals surface area contributed by atoms with Gasteiger partial charge >= 0.3 is 6.18 Å². The molecule has 0 saturated carbocycles. The Hall–Kier alpha value is -2.84. The maximum Gasteiger partial charge on any atom is 0.416 e. The van der Waals surface area contributed by atoms with Gasteiger partial charge in [-0.2, -0.15) is 18.3 Å². The van der Waals surface area contributed by atoms with Crippen molar-refractivity contribution in [3.8, 4) is 21.8 Å². The number of H-pyrrole nitrogens is 1. The lowest BCUT2D eigenvalue weighted by Gasteiger charge is -2.06. The van der Waals surface area contributed by atoms with Crippen LogP contribution in [0.1, 0.15) is 5.56 Å². The van der Waals surface area contributed by atoms with E-state index >= 15 is 0 Å². The molecule has 0 amide bonds. The topological polar surface area (TPSA) is 46.0 Å². The van der Waals surface area contributed by atoms with Gasteiger partial charge in [0.25, 0.3) is 0 Å². The number of nitrogens with zero attached hydrogens (tertiary/aromatic N) is 3. The van der Waals surface area contributed by atoms with E-state index in [-0.39, 0.29) is 0 Å². The van der Waals surface area contributed by atoms with E-state index in [9.17, 15) is 13.2 Å². The van der Waals surface area contributed by atoms with E-state index in [1.54, 1.807) is 10.7 Å². The highest BCUT2D eigenvalue weighted by Gasteiger charge is 2.30. The number of imidazole rings is 1. The predicted molar refractivity (Wildman–Crippen MR) is 104 cm³/mol. The normalized spacial score (nSPS) is 12.3. The molecular formula is C19H10ClF3N4S. The van der Waals surface area contributed by atoms with Gasteiger partial charge in [0.1, 0.15) is 5.01 Å². The zero-order valence-corrected chi connectivity index (χ0v) is 15.5. The van der Waals surface area contributed by atoms with Crippen molar-refractivity contribution in [2.75, 3.05) is 0 Å². The van der Waals surface area contributed by atoms with Gasteiger partial charge in [0.05, 0.1) is 17.5 Å². The maximum atomic E-state index is 12.7. The fourth-order valence-corrected chi connectivity index (χ4v) is 4.13. The summed E-state index contributed by atoms with van der Waals surface area (Å²) in [4.78, 5) is 8.35. The molecule has 28 heavy (non-hydrogen) atoms. The minimum atomic E-state index is -4.36. The van der Waals surface area contributed by atoms with Crippen molar-refractivity contribution in [3.05, 3.63) is 65.4 Å². The zero-order valence-electron chi connectivity index (χ0n) is 14.0. The van der Waals surface area contributed by atoms with Crippen LogP contribution in [0.3, 0.4) is 0 Å². The van der Waals surface area contributed by atoms with Crippen molar-refractivity contribution in [3.63, 3.8) is 0 Å². The fourth-order valence-electron chi connectivity index (χ4n) is 3.05. The molecule has 5 aromatic rings. The molecule has 0 atom stereocenters. The van der Waals surface area contributed by atoms with Crippen molar-refractivity contribution in [2.24, 2.45) is 0 Å². The molecule has 0 unspecified atom stereocenters. The second-order valence-electron chi connectivity index (χ2n) is 6.23. The molecule has 0 aliphatic rings. The standard InChI is InChI=1S/C19H10ClF3N4S/c20-12-5-6-15-13(7-12)14(8-24-15)17-26-27-9-16(25-18(27)28-17)10-1-3-11(4-2-10)19(21,22)23/h1-9,24H. The number of aromatic amines is 1. The molecule has 1 N–H and O–H groups in total. The molecular weight excluding hydrogens is 409 g/mol. The van der Waals surface area contributed by atoms with Gasteiger partial charge in [-0.3, -0.25) is 0 Å². The van der Waals surface area contributed by atoms with E-state index in [0.717, 1.165) is 33.6 Å². The summed E-state index contributed by atoms with van der Waals surface area (Å²) in [6.45, 7) is 0. The molecule has 0 saturated heterocycles. The summed E-state index contributed by atoms with van der Waals surface area (Å²) in [6, 6.07) is 10.5. The largest absolute Gasteiger partial charge is 0.416 e. The summed E-state index contributed by atoms with van der Waals surface area (Å²) in [7, 11) is 0. The van der Waals surface area contributed by atoms with E-state index in [0.29, 0.717) is 21.2 Å². The van der Waals surface area contributed by atoms with E-state index in [4.69, 9.17) is 11.6 Å². The first-order valence-corrected chi connectivity index (χ1v) is 9.39. The van der Waals surface area contributed by atoms with Crippen LogP contribution in [0.15, 0.2) is 54.9 Å². The van der Waals surface area contributed by atoms with Crippen molar-refractivity contribution < 1.29 is 13.2 Å². The first-order chi connectivity index (χ1) is 13.4. The van der Waals surface area contributed by atoms with Gasteiger partial charge in [0.15, 0.2) is 0 Å². The first-order valence-electron chi connectivity index (χ1n) is 8.19. The van der Waals surface area contributed by atoms with Crippen LogP contribution in [0.2, 0.25) is 5.02 Å². The molecule has 9 heteroatoms. The lowest BCUT2D eigenvalue weighted by molar-refractivity contribution is -0.137. The number of nitrogens with one attached hydrogen (secondary N) is 1. The number of hydrogen-bond acceptors (Lipinski definition) is 3. The number of halogens is 4. The molecule has 3 heterocycles. The number of alkyl halides is 3. The van der Waals surface area contributed by atoms with Crippen molar-refractivity contribution in [2.45, 2.75) is 6.18 Å². The highest BCUT2D eigenvalue weighted by molar-refractivity contribution is 7.20. The Morgan fingerprint density at radius 1 is 1.07 bits per heavy atom. The zero-order chi connectivity index (χ0) is 19.5. The molecule has 0 aliphatic carbocycles. The smallest absolute Gasteiger partial charge is 0.360 e. The van der Waals surface area contributed by atoms with Crippen LogP contribution in [-0.4, -0.2) is 19.6 Å². The number of aromatic nitrogens is 4. The summed E-state index contributed by atoms with van der Waals surface area (Å²) in [5, 5.41) is 6.94. The molecule has 5 rings (SSSR count). The summed E-state index contributed by atoms with van der Waals surface area (Å²) >= 11 is 7.50. The van der Waals surface area contributed by atoms with Gasteiger partial charge in [-0.1, -0.05) is 35.1 Å². The van der Waals surface area contributed by atoms with E-state index in [1.807, 2.05) is 24.4 Å². The molecule has 4 nitrogen and oxygen atoms in total. The predicted octanol–water partition coefficient (Wildman–Crippen LogP) is 6.28. The first kappa shape index (κ1) is 17.3. The van der Waals surface area contributed by atoms with Crippen LogP contribution in [0.5, 0.6) is 0 Å². The average Bonchev–Trinajstić information content (AvgIpc) is 3.33. The Morgan fingerprint density at radius 2 is 1.86 bits per heavy atom. The maximum absolute atomic E-state index is 12.7. The summed E-state index contributed by atoms with van der Waals surface area (Å²) in [5.74, 6) is 0. The Kier molecular flexibility index (Phi) is 3.75. The Bertz CT molecular complexity index is 1280. The molecule has 140 valence electrons. The summed E-state index contributed by atoms with van der Waals surface area (Å²) in [5.41, 5.74) is 2.37. The van der Waals surface area contributed by atoms with Crippen molar-refractivity contribution in [1.29, 1.82) is 0 Å². The number of hydrogen-bond donors (Lipinski definition) is 1. The molecule has 0 spiro atoms. The third-order valence-corrected chi connectivity index (χ3v) is 5.62. The number of benzene rings is 2. The minimum Gasteiger partial charge on any atom is -0.360 e. The molecule has 0 aliphatic heterocycles. The third-order valence-electron chi connectivity index (χ3n) is 4.43. The Balaban J connectivity index is 1.52. The lowest BCUT2D eigenvalue weighted by atomic mass is 10.1. The van der Waals surface area contributed by atoms with Crippen LogP contribution in [0, 0.1) is 0 Å². The van der Waals surface area contributed by atoms with Crippen LogP contribution in [-0.2, 0) is 6.18 Å². The third kappa shape index (κ3) is 2.85. The molecule has 3 aromatic heterocycles. The lowest BCUT2D eigenvalue weighted by Crippen LogP contribution is -2.03. The van der Waals surface area contributed by atoms with Crippen LogP contribution in [0.4, 0.5) is 13.2 Å². The van der Waals surface area contributed by atoms with Crippen LogP contribution >= 0.6 is 22.9 Å². The number of rotatable bonds is 2. The van der Waals surface area contributed by atoms with Crippen LogP contribution in [0.25, 0.3) is 37.7 Å². The summed E-state index contributed by atoms with van der Waals surface area (Å²) in [6.07, 6.45) is -0.776. The van der Waals surface area contributed by atoms with Crippen LogP contribution < -0.4 is 0 Å². The average molecular weight is 419 g/mol. The highest BCUT2D eigenvalue weighted by Crippen LogP contribution is 2.35. The van der Waals surface area contributed by atoms with Gasteiger partial charge in [0, 0.05) is 33.2 Å². The van der Waals surface area contributed by atoms with Crippen molar-refractivity contribution >= 4 is 38.8 Å². The second kappa shape index (κ2) is 6.08. The summed E-state index contributed by atoms with van der Waals surface area (Å²) < 4.78 is 39.8. The molecule has 2 aromatic carbocycles. The van der Waals surface area contributed by atoms with E-state index in [2.05, 4.69) is 15.1 Å². The van der Waals surface area contributed by atoms with Gasteiger partial charge in [0.2, 0.25) is 4.96 Å². The highest BCUT2D eigenvalue weighted by atomic mass is 35.5. The molecule has 0 bridgehead atoms. The van der Waals surface area contributed by atoms with E-state index < -0.39 is 11.7 Å². The SMILES string of the molecule is FC(F)(F)c1ccc(-c2cn3nc(-c4c[nH]c5ccc(Cl)cc45)sc3n2)cc1. The van der Waals surface area contributed by atoms with Gasteiger partial charge in [-0.15, -0.1) is 0 Å². The fraction of sp³-hybridized carbons (Fsp3) is 0.0526. The molecule has 0 radical (unpaired) electrons. The minimum absolute atomic E-state index is 0.570. The van der Waals surface area contributed by atoms with E-state index in [1.165, 1.54) is 23.5 Å².